The van der Waals surface area contributed by atoms with E-state index in [1.165, 1.54) is 0 Å². The average Bonchev–Trinajstić information content (AvgIpc) is 1.97. The molecule has 0 saturated carbocycles. The van der Waals surface area contributed by atoms with Gasteiger partial charge in [0.25, 0.3) is 0 Å². The zero-order chi connectivity index (χ0) is 8.69. The number of thioether (sulfide) groups is 1. The Labute approximate surface area is 69.4 Å². The van der Waals surface area contributed by atoms with Gasteiger partial charge in [-0.05, 0) is 18.4 Å². The van der Waals surface area contributed by atoms with Crippen molar-refractivity contribution in [2.45, 2.75) is 12.5 Å². The molecule has 0 radical (unpaired) electrons. The van der Waals surface area contributed by atoms with Crippen LogP contribution in [0.4, 0.5) is 4.79 Å². The average molecular weight is 177 g/mol. The number of rotatable bonds is 5. The molecule has 0 fully saturated rings. The first-order chi connectivity index (χ1) is 5.20. The number of nitrogens with one attached hydrogen (secondary N) is 1. The molecule has 0 aliphatic rings. The molecule has 1 atom stereocenters. The summed E-state index contributed by atoms with van der Waals surface area (Å²) in [7, 11) is 0. The van der Waals surface area contributed by atoms with Gasteiger partial charge in [-0.2, -0.15) is 11.8 Å². The Morgan fingerprint density at radius 1 is 1.82 bits per heavy atom. The number of hydrogen-bond acceptors (Lipinski definition) is 3. The molecule has 0 spiro atoms. The highest BCUT2D eigenvalue weighted by atomic mass is 32.2. The van der Waals surface area contributed by atoms with Crippen LogP contribution in [0.2, 0.25) is 0 Å². The van der Waals surface area contributed by atoms with Gasteiger partial charge in [-0.3, -0.25) is 0 Å². The first kappa shape index (κ1) is 10.3. The van der Waals surface area contributed by atoms with E-state index >= 15 is 0 Å². The lowest BCUT2D eigenvalue weighted by Gasteiger charge is -2.07. The lowest BCUT2D eigenvalue weighted by atomic mass is 10.2. The predicted octanol–water partition coefficient (Wildman–Crippen LogP) is 0.575. The molecule has 11 heavy (non-hydrogen) atoms. The monoisotopic (exact) mass is 177 g/mol. The van der Waals surface area contributed by atoms with Crippen molar-refractivity contribution >= 4 is 24.1 Å². The quantitative estimate of drug-likeness (QED) is 0.603. The second kappa shape index (κ2) is 6.03. The SMILES string of the molecule is CSCCC(C=O)NC(=O)O. The van der Waals surface area contributed by atoms with Gasteiger partial charge in [-0.15, -0.1) is 0 Å². The van der Waals surface area contributed by atoms with Crippen LogP contribution in [0.15, 0.2) is 0 Å². The molecule has 5 heteroatoms. The summed E-state index contributed by atoms with van der Waals surface area (Å²) in [6.45, 7) is 0. The number of amides is 1. The third-order valence-electron chi connectivity index (χ3n) is 1.11. The van der Waals surface area contributed by atoms with E-state index in [1.807, 2.05) is 6.26 Å². The zero-order valence-electron chi connectivity index (χ0n) is 6.24. The Morgan fingerprint density at radius 2 is 2.45 bits per heavy atom. The fourth-order valence-corrected chi connectivity index (χ4v) is 1.07. The molecule has 0 aromatic rings. The highest BCUT2D eigenvalue weighted by molar-refractivity contribution is 7.98. The predicted molar refractivity (Wildman–Crippen MR) is 44.0 cm³/mol. The smallest absolute Gasteiger partial charge is 0.405 e. The molecule has 0 rings (SSSR count). The van der Waals surface area contributed by atoms with Gasteiger partial charge in [0.1, 0.15) is 6.29 Å². The van der Waals surface area contributed by atoms with E-state index in [4.69, 9.17) is 5.11 Å². The molecule has 64 valence electrons. The largest absolute Gasteiger partial charge is 0.465 e. The van der Waals surface area contributed by atoms with Crippen molar-refractivity contribution in [1.82, 2.24) is 5.32 Å². The third-order valence-corrected chi connectivity index (χ3v) is 1.75. The van der Waals surface area contributed by atoms with Crippen molar-refractivity contribution in [3.63, 3.8) is 0 Å². The van der Waals surface area contributed by atoms with Crippen molar-refractivity contribution in [3.05, 3.63) is 0 Å². The molecule has 2 N–H and O–H groups in total. The fourth-order valence-electron chi connectivity index (χ4n) is 0.578. The van der Waals surface area contributed by atoms with Crippen molar-refractivity contribution in [1.29, 1.82) is 0 Å². The number of carbonyl (C=O) groups excluding carboxylic acids is 1. The van der Waals surface area contributed by atoms with Gasteiger partial charge in [0.05, 0.1) is 6.04 Å². The molecule has 0 heterocycles. The molecule has 0 aliphatic carbocycles. The molecule has 1 unspecified atom stereocenters. The Balaban J connectivity index is 3.57. The number of carboxylic acid groups (broad SMARTS) is 1. The summed E-state index contributed by atoms with van der Waals surface area (Å²) in [5.41, 5.74) is 0. The molecular formula is C6H11NO3S. The van der Waals surface area contributed by atoms with Gasteiger partial charge in [-0.25, -0.2) is 4.79 Å². The van der Waals surface area contributed by atoms with Crippen LogP contribution in [0, 0.1) is 0 Å². The summed E-state index contributed by atoms with van der Waals surface area (Å²) in [5.74, 6) is 0.781. The second-order valence-corrected chi connectivity index (χ2v) is 2.96. The maximum absolute atomic E-state index is 10.2. The Kier molecular flexibility index (Phi) is 5.64. The minimum atomic E-state index is -1.15. The van der Waals surface area contributed by atoms with Crippen LogP contribution in [0.1, 0.15) is 6.42 Å². The zero-order valence-corrected chi connectivity index (χ0v) is 7.06. The molecule has 0 bridgehead atoms. The van der Waals surface area contributed by atoms with Crippen LogP contribution in [0.3, 0.4) is 0 Å². The van der Waals surface area contributed by atoms with E-state index in [-0.39, 0.29) is 0 Å². The van der Waals surface area contributed by atoms with E-state index < -0.39 is 12.1 Å². The highest BCUT2D eigenvalue weighted by Crippen LogP contribution is 1.98. The Morgan fingerprint density at radius 3 is 2.82 bits per heavy atom. The number of hydrogen-bond donors (Lipinski definition) is 2. The van der Waals surface area contributed by atoms with E-state index in [1.54, 1.807) is 11.8 Å². The first-order valence-electron chi connectivity index (χ1n) is 3.14. The van der Waals surface area contributed by atoms with E-state index in [2.05, 4.69) is 5.32 Å². The molecule has 4 nitrogen and oxygen atoms in total. The van der Waals surface area contributed by atoms with Crippen LogP contribution < -0.4 is 5.32 Å². The van der Waals surface area contributed by atoms with Crippen LogP contribution in [-0.2, 0) is 4.79 Å². The highest BCUT2D eigenvalue weighted by Gasteiger charge is 2.08. The summed E-state index contributed by atoms with van der Waals surface area (Å²) in [6, 6.07) is -0.556. The molecular weight excluding hydrogens is 166 g/mol. The Bertz CT molecular complexity index is 140. The normalized spacial score (nSPS) is 12.1. The van der Waals surface area contributed by atoms with E-state index in [0.717, 1.165) is 5.75 Å². The fraction of sp³-hybridized carbons (Fsp3) is 0.667. The lowest BCUT2D eigenvalue weighted by molar-refractivity contribution is -0.109. The standard InChI is InChI=1S/C6H11NO3S/c1-11-3-2-5(4-8)7-6(9)10/h4-5,7H,2-3H2,1H3,(H,9,10). The lowest BCUT2D eigenvalue weighted by Crippen LogP contribution is -2.35. The summed E-state index contributed by atoms with van der Waals surface area (Å²) in [4.78, 5) is 20.3. The van der Waals surface area contributed by atoms with Gasteiger partial charge in [0.15, 0.2) is 0 Å². The molecule has 0 aromatic carbocycles. The maximum atomic E-state index is 10.2. The van der Waals surface area contributed by atoms with Crippen molar-refractivity contribution in [2.75, 3.05) is 12.0 Å². The molecule has 0 aliphatic heterocycles. The number of carbonyl (C=O) groups is 2. The topological polar surface area (TPSA) is 66.4 Å². The summed E-state index contributed by atoms with van der Waals surface area (Å²) >= 11 is 1.58. The molecule has 1 amide bonds. The van der Waals surface area contributed by atoms with Gasteiger partial charge in [-0.1, -0.05) is 0 Å². The minimum absolute atomic E-state index is 0.553. The van der Waals surface area contributed by atoms with Crippen LogP contribution >= 0.6 is 11.8 Å². The first-order valence-corrected chi connectivity index (χ1v) is 4.53. The van der Waals surface area contributed by atoms with Crippen LogP contribution in [0.5, 0.6) is 0 Å². The number of aldehydes is 1. The van der Waals surface area contributed by atoms with Crippen LogP contribution in [-0.4, -0.2) is 35.5 Å². The van der Waals surface area contributed by atoms with Crippen molar-refractivity contribution < 1.29 is 14.7 Å². The summed E-state index contributed by atoms with van der Waals surface area (Å²) in [6.07, 6.45) is 1.92. The molecule has 0 saturated heterocycles. The van der Waals surface area contributed by atoms with Crippen LogP contribution in [0.25, 0.3) is 0 Å². The van der Waals surface area contributed by atoms with Gasteiger partial charge < -0.3 is 15.2 Å². The van der Waals surface area contributed by atoms with Gasteiger partial charge >= 0.3 is 6.09 Å². The van der Waals surface area contributed by atoms with Gasteiger partial charge in [0, 0.05) is 0 Å². The maximum Gasteiger partial charge on any atom is 0.405 e. The summed E-state index contributed by atoms with van der Waals surface area (Å²) < 4.78 is 0. The summed E-state index contributed by atoms with van der Waals surface area (Å²) in [5, 5.41) is 10.3. The minimum Gasteiger partial charge on any atom is -0.465 e. The van der Waals surface area contributed by atoms with Gasteiger partial charge in [0.2, 0.25) is 0 Å². The van der Waals surface area contributed by atoms with E-state index in [9.17, 15) is 9.59 Å². The third kappa shape index (κ3) is 5.72. The van der Waals surface area contributed by atoms with Crippen molar-refractivity contribution in [3.8, 4) is 0 Å². The second-order valence-electron chi connectivity index (χ2n) is 1.97. The Hall–Kier alpha value is -0.710. The molecule has 0 aromatic heterocycles. The van der Waals surface area contributed by atoms with E-state index in [0.29, 0.717) is 12.7 Å². The van der Waals surface area contributed by atoms with Crippen molar-refractivity contribution in [2.24, 2.45) is 0 Å².